The van der Waals surface area contributed by atoms with Crippen LogP contribution in [-0.4, -0.2) is 12.9 Å². The Morgan fingerprint density at radius 2 is 2.14 bits per heavy atom. The van der Waals surface area contributed by atoms with Gasteiger partial charge in [-0.15, -0.1) is 0 Å². The van der Waals surface area contributed by atoms with Gasteiger partial charge in [0.15, 0.2) is 5.78 Å². The van der Waals surface area contributed by atoms with E-state index in [2.05, 4.69) is 0 Å². The van der Waals surface area contributed by atoms with E-state index < -0.39 is 0 Å². The van der Waals surface area contributed by atoms with Gasteiger partial charge in [0.25, 0.3) is 0 Å². The molecule has 0 fully saturated rings. The predicted molar refractivity (Wildman–Crippen MR) is 57.4 cm³/mol. The maximum atomic E-state index is 11.3. The second-order valence-corrected chi connectivity index (χ2v) is 3.49. The van der Waals surface area contributed by atoms with E-state index in [9.17, 15) is 4.79 Å². The van der Waals surface area contributed by atoms with Crippen LogP contribution in [0.25, 0.3) is 0 Å². The second-order valence-electron chi connectivity index (χ2n) is 3.06. The summed E-state index contributed by atoms with van der Waals surface area (Å²) >= 11 is 5.89. The molecule has 1 aromatic rings. The number of ether oxygens (including phenoxy) is 1. The molecule has 14 heavy (non-hydrogen) atoms. The van der Waals surface area contributed by atoms with Gasteiger partial charge in [-0.1, -0.05) is 18.5 Å². The van der Waals surface area contributed by atoms with Gasteiger partial charge in [-0.05, 0) is 31.0 Å². The van der Waals surface area contributed by atoms with Gasteiger partial charge in [-0.3, -0.25) is 4.79 Å². The van der Waals surface area contributed by atoms with Gasteiger partial charge in [0.1, 0.15) is 5.75 Å². The van der Waals surface area contributed by atoms with Gasteiger partial charge in [0.05, 0.1) is 12.7 Å². The molecule has 1 aromatic carbocycles. The van der Waals surface area contributed by atoms with Crippen molar-refractivity contribution >= 4 is 17.4 Å². The topological polar surface area (TPSA) is 26.3 Å². The molecule has 0 aromatic heterocycles. The number of carbonyl (C=O) groups is 1. The summed E-state index contributed by atoms with van der Waals surface area (Å²) in [5.74, 6) is 0.614. The first-order valence-corrected chi connectivity index (χ1v) is 4.85. The molecule has 0 spiro atoms. The van der Waals surface area contributed by atoms with Crippen molar-refractivity contribution in [1.82, 2.24) is 0 Å². The molecule has 0 radical (unpaired) electrons. The molecular weight excluding hydrogens is 200 g/mol. The average Bonchev–Trinajstić information content (AvgIpc) is 2.16. The molecule has 0 saturated heterocycles. The first-order chi connectivity index (χ1) is 6.60. The van der Waals surface area contributed by atoms with E-state index in [1.54, 1.807) is 13.2 Å². The predicted octanol–water partition coefficient (Wildman–Crippen LogP) is 3.11. The molecule has 0 bridgehead atoms. The van der Waals surface area contributed by atoms with Crippen molar-refractivity contribution in [2.24, 2.45) is 0 Å². The van der Waals surface area contributed by atoms with E-state index in [0.29, 0.717) is 16.3 Å². The second kappa shape index (κ2) is 4.47. The summed E-state index contributed by atoms with van der Waals surface area (Å²) < 4.78 is 5.20. The zero-order chi connectivity index (χ0) is 10.7. The van der Waals surface area contributed by atoms with Crippen LogP contribution in [0, 0.1) is 0 Å². The number of aryl methyl sites for hydroxylation is 1. The molecular formula is C11H13ClO2. The lowest BCUT2D eigenvalue weighted by atomic mass is 10.0. The Balaban J connectivity index is 3.39. The van der Waals surface area contributed by atoms with Crippen molar-refractivity contribution in [1.29, 1.82) is 0 Å². The van der Waals surface area contributed by atoms with E-state index in [-0.39, 0.29) is 5.78 Å². The fourth-order valence-electron chi connectivity index (χ4n) is 1.42. The van der Waals surface area contributed by atoms with Crippen LogP contribution in [0.3, 0.4) is 0 Å². The summed E-state index contributed by atoms with van der Waals surface area (Å²) in [7, 11) is 1.56. The third-order valence-electron chi connectivity index (χ3n) is 2.09. The summed E-state index contributed by atoms with van der Waals surface area (Å²) in [5, 5.41) is 0.577. The van der Waals surface area contributed by atoms with Crippen LogP contribution in [0.15, 0.2) is 12.1 Å². The molecule has 0 aliphatic heterocycles. The Bertz CT molecular complexity index is 359. The Labute approximate surface area is 88.8 Å². The van der Waals surface area contributed by atoms with Crippen molar-refractivity contribution < 1.29 is 9.53 Å². The molecule has 1 rings (SSSR count). The smallest absolute Gasteiger partial charge is 0.163 e. The molecule has 0 unspecified atom stereocenters. The monoisotopic (exact) mass is 212 g/mol. The third-order valence-corrected chi connectivity index (χ3v) is 2.31. The van der Waals surface area contributed by atoms with E-state index in [0.717, 1.165) is 12.0 Å². The summed E-state index contributed by atoms with van der Waals surface area (Å²) in [4.78, 5) is 11.3. The highest BCUT2D eigenvalue weighted by Gasteiger charge is 2.12. The number of ketones is 1. The van der Waals surface area contributed by atoms with Crippen LogP contribution in [0.2, 0.25) is 5.02 Å². The minimum Gasteiger partial charge on any atom is -0.496 e. The fourth-order valence-corrected chi connectivity index (χ4v) is 1.66. The quantitative estimate of drug-likeness (QED) is 0.720. The van der Waals surface area contributed by atoms with Crippen molar-refractivity contribution in [3.8, 4) is 5.75 Å². The first-order valence-electron chi connectivity index (χ1n) is 4.47. The van der Waals surface area contributed by atoms with Crippen LogP contribution in [0.5, 0.6) is 5.75 Å². The Kier molecular flexibility index (Phi) is 3.53. The van der Waals surface area contributed by atoms with Crippen LogP contribution < -0.4 is 4.74 Å². The zero-order valence-corrected chi connectivity index (χ0v) is 9.31. The molecule has 0 atom stereocenters. The molecule has 3 heteroatoms. The van der Waals surface area contributed by atoms with Crippen LogP contribution in [0.1, 0.15) is 29.8 Å². The highest BCUT2D eigenvalue weighted by atomic mass is 35.5. The average molecular weight is 213 g/mol. The highest BCUT2D eigenvalue weighted by Crippen LogP contribution is 2.28. The van der Waals surface area contributed by atoms with Gasteiger partial charge in [0.2, 0.25) is 0 Å². The Morgan fingerprint density at radius 1 is 1.50 bits per heavy atom. The molecule has 0 heterocycles. The SMILES string of the molecule is CCc1cc(Cl)cc(C(C)=O)c1OC. The Morgan fingerprint density at radius 3 is 2.57 bits per heavy atom. The van der Waals surface area contributed by atoms with Crippen molar-refractivity contribution in [2.45, 2.75) is 20.3 Å². The van der Waals surface area contributed by atoms with Gasteiger partial charge in [-0.25, -0.2) is 0 Å². The minimum atomic E-state index is -0.0287. The molecule has 76 valence electrons. The van der Waals surface area contributed by atoms with E-state index in [1.807, 2.05) is 13.0 Å². The van der Waals surface area contributed by atoms with E-state index in [1.165, 1.54) is 6.92 Å². The number of hydrogen-bond acceptors (Lipinski definition) is 2. The summed E-state index contributed by atoms with van der Waals surface area (Å²) in [5.41, 5.74) is 1.52. The van der Waals surface area contributed by atoms with Gasteiger partial charge >= 0.3 is 0 Å². The fraction of sp³-hybridized carbons (Fsp3) is 0.364. The number of hydrogen-bond donors (Lipinski definition) is 0. The van der Waals surface area contributed by atoms with Crippen molar-refractivity contribution in [3.05, 3.63) is 28.3 Å². The summed E-state index contributed by atoms with van der Waals surface area (Å²) in [6, 6.07) is 3.47. The first kappa shape index (κ1) is 11.1. The Hall–Kier alpha value is -1.02. The number of carbonyl (C=O) groups excluding carboxylic acids is 1. The molecule has 0 aliphatic rings. The minimum absolute atomic E-state index is 0.0287. The molecule has 0 amide bonds. The lowest BCUT2D eigenvalue weighted by molar-refractivity contribution is 0.101. The highest BCUT2D eigenvalue weighted by molar-refractivity contribution is 6.31. The number of rotatable bonds is 3. The van der Waals surface area contributed by atoms with E-state index >= 15 is 0 Å². The van der Waals surface area contributed by atoms with Crippen LogP contribution >= 0.6 is 11.6 Å². The maximum Gasteiger partial charge on any atom is 0.163 e. The van der Waals surface area contributed by atoms with Crippen molar-refractivity contribution in [2.75, 3.05) is 7.11 Å². The molecule has 2 nitrogen and oxygen atoms in total. The standard InChI is InChI=1S/C11H13ClO2/c1-4-8-5-9(12)6-10(7(2)13)11(8)14-3/h5-6H,4H2,1-3H3. The largest absolute Gasteiger partial charge is 0.496 e. The van der Waals surface area contributed by atoms with Gasteiger partial charge < -0.3 is 4.74 Å². The third kappa shape index (κ3) is 2.07. The van der Waals surface area contributed by atoms with Crippen LogP contribution in [0.4, 0.5) is 0 Å². The summed E-state index contributed by atoms with van der Waals surface area (Å²) in [6.45, 7) is 3.51. The molecule has 0 aliphatic carbocycles. The number of methoxy groups -OCH3 is 1. The maximum absolute atomic E-state index is 11.3. The molecule has 0 saturated carbocycles. The van der Waals surface area contributed by atoms with E-state index in [4.69, 9.17) is 16.3 Å². The van der Waals surface area contributed by atoms with Crippen LogP contribution in [-0.2, 0) is 6.42 Å². The van der Waals surface area contributed by atoms with Gasteiger partial charge in [0, 0.05) is 5.02 Å². The number of Topliss-reactive ketones (excluding diaryl/α,β-unsaturated/α-hetero) is 1. The molecule has 0 N–H and O–H groups in total. The normalized spacial score (nSPS) is 10.0. The lowest BCUT2D eigenvalue weighted by Gasteiger charge is -2.11. The zero-order valence-electron chi connectivity index (χ0n) is 8.56. The number of halogens is 1. The van der Waals surface area contributed by atoms with Gasteiger partial charge in [-0.2, -0.15) is 0 Å². The summed E-state index contributed by atoms with van der Waals surface area (Å²) in [6.07, 6.45) is 0.796. The van der Waals surface area contributed by atoms with Crippen molar-refractivity contribution in [3.63, 3.8) is 0 Å². The lowest BCUT2D eigenvalue weighted by Crippen LogP contribution is -2.01. The number of benzene rings is 1.